The van der Waals surface area contributed by atoms with E-state index in [1.807, 2.05) is 12.3 Å². The van der Waals surface area contributed by atoms with E-state index < -0.39 is 5.82 Å². The Bertz CT molecular complexity index is 654. The summed E-state index contributed by atoms with van der Waals surface area (Å²) in [5.74, 6) is -0.0304. The fraction of sp³-hybridized carbons (Fsp3) is 0.0714. The Labute approximate surface area is 123 Å². The molecule has 0 fully saturated rings. The Morgan fingerprint density at radius 1 is 1.26 bits per heavy atom. The minimum absolute atomic E-state index is 0.0872. The van der Waals surface area contributed by atoms with E-state index in [2.05, 4.69) is 22.0 Å². The fourth-order valence-electron chi connectivity index (χ4n) is 1.55. The van der Waals surface area contributed by atoms with Crippen molar-refractivity contribution >= 4 is 27.7 Å². The Hall–Kier alpha value is -1.51. The van der Waals surface area contributed by atoms with Crippen LogP contribution in [-0.2, 0) is 0 Å². The number of rotatable bonds is 3. The second-order valence-electron chi connectivity index (χ2n) is 3.62. The van der Waals surface area contributed by atoms with Crippen molar-refractivity contribution in [1.29, 1.82) is 5.26 Å². The van der Waals surface area contributed by atoms with Crippen LogP contribution in [-0.4, -0.2) is 6.26 Å². The maximum Gasteiger partial charge on any atom is 0.165 e. The molecular formula is C14H9BrFNOS. The summed E-state index contributed by atoms with van der Waals surface area (Å²) in [6.07, 6.45) is 1.87. The number of benzene rings is 2. The Morgan fingerprint density at radius 2 is 2.05 bits per heavy atom. The van der Waals surface area contributed by atoms with Gasteiger partial charge in [-0.25, -0.2) is 4.39 Å². The highest BCUT2D eigenvalue weighted by Gasteiger charge is 2.12. The number of hydrogen-bond acceptors (Lipinski definition) is 3. The molecule has 0 aromatic heterocycles. The first kappa shape index (κ1) is 13.9. The highest BCUT2D eigenvalue weighted by atomic mass is 79.9. The van der Waals surface area contributed by atoms with E-state index in [4.69, 9.17) is 4.74 Å². The van der Waals surface area contributed by atoms with Crippen molar-refractivity contribution < 1.29 is 9.13 Å². The second-order valence-corrected chi connectivity index (χ2v) is 5.39. The van der Waals surface area contributed by atoms with Gasteiger partial charge in [0.15, 0.2) is 11.6 Å². The number of halogens is 2. The molecule has 0 saturated carbocycles. The van der Waals surface area contributed by atoms with Gasteiger partial charge in [-0.15, -0.1) is 11.8 Å². The van der Waals surface area contributed by atoms with Crippen LogP contribution in [0.1, 0.15) is 5.56 Å². The summed E-state index contributed by atoms with van der Waals surface area (Å²) < 4.78 is 19.9. The van der Waals surface area contributed by atoms with Crippen LogP contribution in [0.2, 0.25) is 0 Å². The number of hydrogen-bond donors (Lipinski definition) is 0. The molecule has 19 heavy (non-hydrogen) atoms. The standard InChI is InChI=1S/C14H9BrFNOS/c1-19-14-4-2-3-12(10(14)8-17)18-13-7-9(15)5-6-11(13)16/h2-7H,1H3. The lowest BCUT2D eigenvalue weighted by Gasteiger charge is -2.10. The van der Waals surface area contributed by atoms with Gasteiger partial charge in [0.05, 0.1) is 0 Å². The minimum Gasteiger partial charge on any atom is -0.453 e. The Balaban J connectivity index is 2.44. The molecule has 0 aliphatic heterocycles. The van der Waals surface area contributed by atoms with Crippen molar-refractivity contribution in [3.05, 3.63) is 52.3 Å². The predicted octanol–water partition coefficient (Wildman–Crippen LogP) is 4.97. The average molecular weight is 338 g/mol. The highest BCUT2D eigenvalue weighted by molar-refractivity contribution is 9.10. The molecule has 0 radical (unpaired) electrons. The van der Waals surface area contributed by atoms with Gasteiger partial charge in [0, 0.05) is 9.37 Å². The molecule has 0 heterocycles. The summed E-state index contributed by atoms with van der Waals surface area (Å²) in [4.78, 5) is 0.801. The first-order valence-corrected chi connectivity index (χ1v) is 7.37. The van der Waals surface area contributed by atoms with Crippen molar-refractivity contribution in [3.8, 4) is 17.6 Å². The molecule has 0 bridgehead atoms. The number of nitrogens with zero attached hydrogens (tertiary/aromatic N) is 1. The van der Waals surface area contributed by atoms with Crippen molar-refractivity contribution in [2.24, 2.45) is 0 Å². The van der Waals surface area contributed by atoms with E-state index in [0.29, 0.717) is 15.8 Å². The molecule has 96 valence electrons. The monoisotopic (exact) mass is 337 g/mol. The van der Waals surface area contributed by atoms with E-state index in [9.17, 15) is 9.65 Å². The van der Waals surface area contributed by atoms with E-state index >= 15 is 0 Å². The molecule has 0 spiro atoms. The molecule has 0 saturated heterocycles. The fourth-order valence-corrected chi connectivity index (χ4v) is 2.46. The lowest BCUT2D eigenvalue weighted by Crippen LogP contribution is -1.92. The van der Waals surface area contributed by atoms with Crippen LogP contribution in [0.25, 0.3) is 0 Å². The van der Waals surface area contributed by atoms with Gasteiger partial charge in [0.1, 0.15) is 17.4 Å². The van der Waals surface area contributed by atoms with E-state index in [1.165, 1.54) is 23.9 Å². The van der Waals surface area contributed by atoms with E-state index in [0.717, 1.165) is 4.90 Å². The average Bonchev–Trinajstić information content (AvgIpc) is 2.42. The molecule has 2 aromatic carbocycles. The van der Waals surface area contributed by atoms with Crippen molar-refractivity contribution in [2.45, 2.75) is 4.90 Å². The second kappa shape index (κ2) is 6.09. The van der Waals surface area contributed by atoms with Crippen LogP contribution in [0.15, 0.2) is 45.8 Å². The van der Waals surface area contributed by atoms with Gasteiger partial charge in [0.25, 0.3) is 0 Å². The zero-order valence-electron chi connectivity index (χ0n) is 9.98. The lowest BCUT2D eigenvalue weighted by atomic mass is 10.2. The van der Waals surface area contributed by atoms with Crippen LogP contribution in [0, 0.1) is 17.1 Å². The summed E-state index contributed by atoms with van der Waals surface area (Å²) in [6.45, 7) is 0. The summed E-state index contributed by atoms with van der Waals surface area (Å²) in [5.41, 5.74) is 0.411. The Morgan fingerprint density at radius 3 is 2.74 bits per heavy atom. The SMILES string of the molecule is CSc1cccc(Oc2cc(Br)ccc2F)c1C#N. The van der Waals surface area contributed by atoms with Gasteiger partial charge >= 0.3 is 0 Å². The first-order valence-electron chi connectivity index (χ1n) is 5.35. The summed E-state index contributed by atoms with van der Waals surface area (Å²) in [5, 5.41) is 9.19. The molecular weight excluding hydrogens is 329 g/mol. The van der Waals surface area contributed by atoms with Gasteiger partial charge in [-0.05, 0) is 36.6 Å². The lowest BCUT2D eigenvalue weighted by molar-refractivity contribution is 0.439. The molecule has 0 aliphatic carbocycles. The quantitative estimate of drug-likeness (QED) is 0.741. The van der Waals surface area contributed by atoms with Crippen LogP contribution in [0.4, 0.5) is 4.39 Å². The minimum atomic E-state index is -0.471. The maximum atomic E-state index is 13.6. The van der Waals surface area contributed by atoms with Crippen molar-refractivity contribution in [3.63, 3.8) is 0 Å². The molecule has 0 N–H and O–H groups in total. The van der Waals surface area contributed by atoms with Crippen molar-refractivity contribution in [1.82, 2.24) is 0 Å². The Kier molecular flexibility index (Phi) is 4.46. The number of nitriles is 1. The molecule has 0 aliphatic rings. The summed E-state index contributed by atoms with van der Waals surface area (Å²) in [7, 11) is 0. The topological polar surface area (TPSA) is 33.0 Å². The largest absolute Gasteiger partial charge is 0.453 e. The highest BCUT2D eigenvalue weighted by Crippen LogP contribution is 2.33. The third-order valence-corrected chi connectivity index (χ3v) is 3.71. The number of thioether (sulfide) groups is 1. The van der Waals surface area contributed by atoms with E-state index in [1.54, 1.807) is 18.2 Å². The maximum absolute atomic E-state index is 13.6. The van der Waals surface area contributed by atoms with Crippen LogP contribution in [0.5, 0.6) is 11.5 Å². The molecule has 0 atom stereocenters. The van der Waals surface area contributed by atoms with Gasteiger partial charge in [-0.2, -0.15) is 5.26 Å². The molecule has 5 heteroatoms. The smallest absolute Gasteiger partial charge is 0.165 e. The zero-order valence-corrected chi connectivity index (χ0v) is 12.4. The van der Waals surface area contributed by atoms with Gasteiger partial charge < -0.3 is 4.74 Å². The van der Waals surface area contributed by atoms with Gasteiger partial charge in [-0.1, -0.05) is 22.0 Å². The van der Waals surface area contributed by atoms with Gasteiger partial charge in [0.2, 0.25) is 0 Å². The van der Waals surface area contributed by atoms with Crippen LogP contribution >= 0.6 is 27.7 Å². The number of ether oxygens (including phenoxy) is 1. The first-order chi connectivity index (χ1) is 9.15. The van der Waals surface area contributed by atoms with Crippen molar-refractivity contribution in [2.75, 3.05) is 6.26 Å². The molecule has 2 rings (SSSR count). The summed E-state index contributed by atoms with van der Waals surface area (Å²) in [6, 6.07) is 11.8. The third kappa shape index (κ3) is 3.09. The molecule has 0 amide bonds. The molecule has 2 aromatic rings. The molecule has 0 unspecified atom stereocenters. The predicted molar refractivity (Wildman–Crippen MR) is 77.1 cm³/mol. The molecule has 2 nitrogen and oxygen atoms in total. The zero-order chi connectivity index (χ0) is 13.8. The summed E-state index contributed by atoms with van der Waals surface area (Å²) >= 11 is 4.70. The van der Waals surface area contributed by atoms with E-state index in [-0.39, 0.29) is 5.75 Å². The van der Waals surface area contributed by atoms with Crippen LogP contribution in [0.3, 0.4) is 0 Å². The third-order valence-electron chi connectivity index (χ3n) is 2.43. The normalized spacial score (nSPS) is 10.0. The van der Waals surface area contributed by atoms with Crippen LogP contribution < -0.4 is 4.74 Å². The van der Waals surface area contributed by atoms with Gasteiger partial charge in [-0.3, -0.25) is 0 Å².